The summed E-state index contributed by atoms with van der Waals surface area (Å²) in [6.45, 7) is 2.07. The van der Waals surface area contributed by atoms with E-state index >= 15 is 0 Å². The predicted molar refractivity (Wildman–Crippen MR) is 70.4 cm³/mol. The molecule has 1 aromatic carbocycles. The van der Waals surface area contributed by atoms with Crippen LogP contribution in [0.15, 0.2) is 30.3 Å². The van der Waals surface area contributed by atoms with Crippen LogP contribution in [0.5, 0.6) is 0 Å². The van der Waals surface area contributed by atoms with E-state index in [1.807, 2.05) is 18.2 Å². The second-order valence-electron chi connectivity index (χ2n) is 4.35. The van der Waals surface area contributed by atoms with E-state index in [4.69, 9.17) is 0 Å². The van der Waals surface area contributed by atoms with Crippen molar-refractivity contribution in [3.8, 4) is 0 Å². The lowest BCUT2D eigenvalue weighted by Gasteiger charge is -2.14. The van der Waals surface area contributed by atoms with Crippen LogP contribution in [0.3, 0.4) is 0 Å². The van der Waals surface area contributed by atoms with Crippen LogP contribution >= 0.6 is 0 Å². The molecule has 1 rings (SSSR count). The van der Waals surface area contributed by atoms with Crippen molar-refractivity contribution in [1.29, 1.82) is 0 Å². The Hall–Kier alpha value is -1.64. The molecular weight excluding hydrogens is 228 g/mol. The third-order valence-electron chi connectivity index (χ3n) is 2.98. The molecule has 3 heteroatoms. The summed E-state index contributed by atoms with van der Waals surface area (Å²) in [6.07, 6.45) is 2.86. The highest BCUT2D eigenvalue weighted by atomic mass is 16.5. The van der Waals surface area contributed by atoms with E-state index in [1.165, 1.54) is 7.11 Å². The summed E-state index contributed by atoms with van der Waals surface area (Å²) in [4.78, 5) is 23.6. The molecule has 1 aromatic rings. The Morgan fingerprint density at radius 1 is 1.22 bits per heavy atom. The fourth-order valence-electron chi connectivity index (χ4n) is 1.90. The van der Waals surface area contributed by atoms with Crippen LogP contribution in [0.4, 0.5) is 0 Å². The maximum atomic E-state index is 12.3. The summed E-state index contributed by atoms with van der Waals surface area (Å²) >= 11 is 0. The van der Waals surface area contributed by atoms with Crippen molar-refractivity contribution in [1.82, 2.24) is 0 Å². The van der Waals surface area contributed by atoms with Gasteiger partial charge in [-0.05, 0) is 6.42 Å². The molecule has 3 nitrogen and oxygen atoms in total. The van der Waals surface area contributed by atoms with E-state index in [9.17, 15) is 9.59 Å². The van der Waals surface area contributed by atoms with Gasteiger partial charge in [-0.3, -0.25) is 9.59 Å². The van der Waals surface area contributed by atoms with Gasteiger partial charge >= 0.3 is 5.97 Å². The average molecular weight is 248 g/mol. The number of hydrogen-bond donors (Lipinski definition) is 0. The van der Waals surface area contributed by atoms with E-state index < -0.39 is 0 Å². The number of hydrogen-bond acceptors (Lipinski definition) is 3. The maximum absolute atomic E-state index is 12.3. The smallest absolute Gasteiger partial charge is 0.306 e. The molecule has 0 aliphatic rings. The third-order valence-corrected chi connectivity index (χ3v) is 2.98. The van der Waals surface area contributed by atoms with Crippen LogP contribution < -0.4 is 0 Å². The van der Waals surface area contributed by atoms with Crippen LogP contribution in [0.25, 0.3) is 0 Å². The summed E-state index contributed by atoms with van der Waals surface area (Å²) in [5.41, 5.74) is 0.669. The number of ketones is 1. The zero-order valence-corrected chi connectivity index (χ0v) is 11.0. The van der Waals surface area contributed by atoms with Gasteiger partial charge in [-0.1, -0.05) is 50.1 Å². The number of rotatable bonds is 7. The Morgan fingerprint density at radius 2 is 1.89 bits per heavy atom. The van der Waals surface area contributed by atoms with Crippen molar-refractivity contribution in [2.24, 2.45) is 5.92 Å². The van der Waals surface area contributed by atoms with Crippen LogP contribution in [-0.2, 0) is 9.53 Å². The quantitative estimate of drug-likeness (QED) is 0.549. The van der Waals surface area contributed by atoms with Crippen molar-refractivity contribution >= 4 is 11.8 Å². The second kappa shape index (κ2) is 7.64. The first-order chi connectivity index (χ1) is 8.69. The van der Waals surface area contributed by atoms with Crippen molar-refractivity contribution in [3.63, 3.8) is 0 Å². The normalized spacial score (nSPS) is 11.9. The van der Waals surface area contributed by atoms with Crippen LogP contribution in [-0.4, -0.2) is 18.9 Å². The van der Waals surface area contributed by atoms with Gasteiger partial charge in [0.1, 0.15) is 0 Å². The summed E-state index contributed by atoms with van der Waals surface area (Å²) in [5, 5.41) is 0. The lowest BCUT2D eigenvalue weighted by atomic mass is 9.90. The first-order valence-electron chi connectivity index (χ1n) is 6.35. The Kier molecular flexibility index (Phi) is 6.12. The summed E-state index contributed by atoms with van der Waals surface area (Å²) in [6, 6.07) is 9.12. The Morgan fingerprint density at radius 3 is 2.44 bits per heavy atom. The number of ether oxygens (including phenoxy) is 1. The molecule has 0 bridgehead atoms. The first kappa shape index (κ1) is 14.4. The van der Waals surface area contributed by atoms with Crippen molar-refractivity contribution in [2.45, 2.75) is 32.6 Å². The lowest BCUT2D eigenvalue weighted by molar-refractivity contribution is -0.141. The number of carbonyl (C=O) groups is 2. The van der Waals surface area contributed by atoms with Gasteiger partial charge in [0.2, 0.25) is 0 Å². The van der Waals surface area contributed by atoms with E-state index in [1.54, 1.807) is 12.1 Å². The number of methoxy groups -OCH3 is 1. The zero-order chi connectivity index (χ0) is 13.4. The minimum absolute atomic E-state index is 0.0365. The molecule has 18 heavy (non-hydrogen) atoms. The highest BCUT2D eigenvalue weighted by molar-refractivity contribution is 5.99. The molecule has 0 heterocycles. The SMILES string of the molecule is CCCCC(CC(=O)OC)C(=O)c1ccccc1. The number of benzene rings is 1. The minimum Gasteiger partial charge on any atom is -0.469 e. The molecule has 0 saturated carbocycles. The van der Waals surface area contributed by atoms with Gasteiger partial charge in [-0.15, -0.1) is 0 Å². The van der Waals surface area contributed by atoms with Gasteiger partial charge in [-0.25, -0.2) is 0 Å². The lowest BCUT2D eigenvalue weighted by Crippen LogP contribution is -2.19. The maximum Gasteiger partial charge on any atom is 0.306 e. The number of carbonyl (C=O) groups excluding carboxylic acids is 2. The van der Waals surface area contributed by atoms with Gasteiger partial charge in [0.15, 0.2) is 5.78 Å². The van der Waals surface area contributed by atoms with Crippen molar-refractivity contribution < 1.29 is 14.3 Å². The van der Waals surface area contributed by atoms with Crippen molar-refractivity contribution in [3.05, 3.63) is 35.9 Å². The minimum atomic E-state index is -0.319. The molecule has 1 unspecified atom stereocenters. The summed E-state index contributed by atoms with van der Waals surface area (Å²) < 4.78 is 4.66. The highest BCUT2D eigenvalue weighted by Crippen LogP contribution is 2.19. The largest absolute Gasteiger partial charge is 0.469 e. The molecule has 0 aliphatic carbocycles. The molecule has 0 aromatic heterocycles. The fraction of sp³-hybridized carbons (Fsp3) is 0.467. The molecule has 0 fully saturated rings. The molecule has 0 radical (unpaired) electrons. The molecule has 0 spiro atoms. The monoisotopic (exact) mass is 248 g/mol. The predicted octanol–water partition coefficient (Wildman–Crippen LogP) is 3.24. The fourth-order valence-corrected chi connectivity index (χ4v) is 1.90. The molecule has 0 amide bonds. The van der Waals surface area contributed by atoms with E-state index in [0.29, 0.717) is 5.56 Å². The molecule has 0 N–H and O–H groups in total. The summed E-state index contributed by atoms with van der Waals surface area (Å²) in [5.74, 6) is -0.547. The van der Waals surface area contributed by atoms with Gasteiger partial charge < -0.3 is 4.74 Å². The highest BCUT2D eigenvalue weighted by Gasteiger charge is 2.22. The van der Waals surface area contributed by atoms with Gasteiger partial charge in [0, 0.05) is 11.5 Å². The molecule has 98 valence electrons. The third kappa shape index (κ3) is 4.32. The van der Waals surface area contributed by atoms with Gasteiger partial charge in [0.25, 0.3) is 0 Å². The zero-order valence-electron chi connectivity index (χ0n) is 11.0. The summed E-state index contributed by atoms with van der Waals surface area (Å²) in [7, 11) is 1.35. The van der Waals surface area contributed by atoms with Crippen LogP contribution in [0.1, 0.15) is 43.0 Å². The van der Waals surface area contributed by atoms with Gasteiger partial charge in [-0.2, -0.15) is 0 Å². The van der Waals surface area contributed by atoms with Gasteiger partial charge in [0.05, 0.1) is 13.5 Å². The Bertz CT molecular complexity index is 384. The first-order valence-corrected chi connectivity index (χ1v) is 6.35. The van der Waals surface area contributed by atoms with Crippen molar-refractivity contribution in [2.75, 3.05) is 7.11 Å². The standard InChI is InChI=1S/C15H20O3/c1-3-4-8-13(11-14(16)18-2)15(17)12-9-6-5-7-10-12/h5-7,9-10,13H,3-4,8,11H2,1-2H3. The molecule has 1 atom stereocenters. The number of unbranched alkanes of at least 4 members (excludes halogenated alkanes) is 1. The Labute approximate surface area is 108 Å². The average Bonchev–Trinajstić information content (AvgIpc) is 2.43. The molecule has 0 aliphatic heterocycles. The van der Waals surface area contributed by atoms with Crippen LogP contribution in [0.2, 0.25) is 0 Å². The number of Topliss-reactive ketones (excluding diaryl/α,β-unsaturated/α-hetero) is 1. The van der Waals surface area contributed by atoms with E-state index in [-0.39, 0.29) is 24.1 Å². The second-order valence-corrected chi connectivity index (χ2v) is 4.35. The molecular formula is C15H20O3. The topological polar surface area (TPSA) is 43.4 Å². The number of esters is 1. The Balaban J connectivity index is 2.75. The van der Waals surface area contributed by atoms with Crippen LogP contribution in [0, 0.1) is 5.92 Å². The molecule has 0 saturated heterocycles. The van der Waals surface area contributed by atoms with E-state index in [0.717, 1.165) is 19.3 Å². The van der Waals surface area contributed by atoms with E-state index in [2.05, 4.69) is 11.7 Å².